The van der Waals surface area contributed by atoms with Crippen LogP contribution in [0.25, 0.3) is 0 Å². The molecule has 0 aliphatic rings. The number of hydrogen-bond donors (Lipinski definition) is 1. The molecule has 2 aromatic rings. The topological polar surface area (TPSA) is 20.2 Å². The van der Waals surface area contributed by atoms with E-state index in [4.69, 9.17) is 0 Å². The molecule has 0 radical (unpaired) electrons. The number of halogens is 1. The Morgan fingerprint density at radius 3 is 2.37 bits per heavy atom. The average Bonchev–Trinajstić information content (AvgIpc) is 2.36. The fraction of sp³-hybridized carbons (Fsp3) is 0.250. The number of aliphatic hydroxyl groups excluding tert-OH is 1. The molecule has 0 heterocycles. The third-order valence-corrected chi connectivity index (χ3v) is 3.97. The molecule has 0 saturated carbocycles. The van der Waals surface area contributed by atoms with Gasteiger partial charge in [-0.25, -0.2) is 4.39 Å². The molecule has 19 heavy (non-hydrogen) atoms. The van der Waals surface area contributed by atoms with E-state index in [0.29, 0.717) is 11.3 Å². The molecule has 0 fully saturated rings. The van der Waals surface area contributed by atoms with Crippen molar-refractivity contribution in [2.45, 2.75) is 24.8 Å². The van der Waals surface area contributed by atoms with Crippen molar-refractivity contribution in [3.63, 3.8) is 0 Å². The zero-order valence-electron chi connectivity index (χ0n) is 11.1. The highest BCUT2D eigenvalue weighted by molar-refractivity contribution is 7.99. The minimum Gasteiger partial charge on any atom is -0.388 e. The van der Waals surface area contributed by atoms with Gasteiger partial charge in [0.1, 0.15) is 5.82 Å². The zero-order chi connectivity index (χ0) is 13.8. The maximum atomic E-state index is 13.3. The monoisotopic (exact) mass is 276 g/mol. The third kappa shape index (κ3) is 4.08. The van der Waals surface area contributed by atoms with Gasteiger partial charge in [-0.05, 0) is 49.2 Å². The Kier molecular flexibility index (Phi) is 4.61. The lowest BCUT2D eigenvalue weighted by molar-refractivity contribution is 0.203. The van der Waals surface area contributed by atoms with Crippen LogP contribution in [-0.2, 0) is 0 Å². The molecular formula is C16H17FOS. The van der Waals surface area contributed by atoms with Crippen LogP contribution in [0.2, 0.25) is 0 Å². The molecule has 0 amide bonds. The highest BCUT2D eigenvalue weighted by Gasteiger charge is 2.10. The summed E-state index contributed by atoms with van der Waals surface area (Å²) in [6.45, 7) is 3.87. The third-order valence-electron chi connectivity index (χ3n) is 2.88. The van der Waals surface area contributed by atoms with Crippen molar-refractivity contribution in [3.05, 3.63) is 65.0 Å². The van der Waals surface area contributed by atoms with Gasteiger partial charge in [0, 0.05) is 10.6 Å². The van der Waals surface area contributed by atoms with E-state index in [-0.39, 0.29) is 5.82 Å². The number of rotatable bonds is 4. The Labute approximate surface area is 117 Å². The first-order valence-corrected chi connectivity index (χ1v) is 7.18. The second-order valence-corrected chi connectivity index (χ2v) is 5.80. The Bertz CT molecular complexity index is 531. The van der Waals surface area contributed by atoms with E-state index in [1.165, 1.54) is 17.7 Å². The fourth-order valence-electron chi connectivity index (χ4n) is 1.86. The maximum absolute atomic E-state index is 13.3. The molecule has 1 unspecified atom stereocenters. The number of benzene rings is 2. The lowest BCUT2D eigenvalue weighted by atomic mass is 10.1. The Balaban J connectivity index is 2.00. The summed E-state index contributed by atoms with van der Waals surface area (Å²) >= 11 is 1.57. The predicted molar refractivity (Wildman–Crippen MR) is 78.0 cm³/mol. The van der Waals surface area contributed by atoms with Crippen LogP contribution in [0.3, 0.4) is 0 Å². The molecule has 0 saturated heterocycles. The van der Waals surface area contributed by atoms with E-state index >= 15 is 0 Å². The van der Waals surface area contributed by atoms with Crippen molar-refractivity contribution >= 4 is 11.8 Å². The van der Waals surface area contributed by atoms with Crippen LogP contribution < -0.4 is 0 Å². The van der Waals surface area contributed by atoms with E-state index in [1.54, 1.807) is 11.8 Å². The SMILES string of the molecule is Cc1ccc(SCC(O)c2cc(C)cc(F)c2)cc1. The van der Waals surface area contributed by atoms with E-state index in [9.17, 15) is 9.50 Å². The zero-order valence-corrected chi connectivity index (χ0v) is 11.9. The quantitative estimate of drug-likeness (QED) is 0.842. The van der Waals surface area contributed by atoms with Crippen molar-refractivity contribution in [2.24, 2.45) is 0 Å². The summed E-state index contributed by atoms with van der Waals surface area (Å²) in [7, 11) is 0. The number of aliphatic hydroxyl groups is 1. The van der Waals surface area contributed by atoms with Crippen LogP contribution in [0.1, 0.15) is 22.8 Å². The van der Waals surface area contributed by atoms with Crippen molar-refractivity contribution in [1.29, 1.82) is 0 Å². The fourth-order valence-corrected chi connectivity index (χ4v) is 2.73. The lowest BCUT2D eigenvalue weighted by Gasteiger charge is -2.12. The van der Waals surface area contributed by atoms with Crippen LogP contribution >= 0.6 is 11.8 Å². The smallest absolute Gasteiger partial charge is 0.123 e. The Morgan fingerprint density at radius 1 is 1.05 bits per heavy atom. The van der Waals surface area contributed by atoms with E-state index in [1.807, 2.05) is 44.2 Å². The second kappa shape index (κ2) is 6.22. The minimum atomic E-state index is -0.652. The molecule has 1 nitrogen and oxygen atoms in total. The van der Waals surface area contributed by atoms with Gasteiger partial charge in [-0.2, -0.15) is 0 Å². The molecular weight excluding hydrogens is 259 g/mol. The van der Waals surface area contributed by atoms with Gasteiger partial charge >= 0.3 is 0 Å². The summed E-state index contributed by atoms with van der Waals surface area (Å²) in [5.41, 5.74) is 2.68. The Hall–Kier alpha value is -1.32. The first-order valence-electron chi connectivity index (χ1n) is 6.19. The summed E-state index contributed by atoms with van der Waals surface area (Å²) in [6.07, 6.45) is -0.652. The van der Waals surface area contributed by atoms with Crippen LogP contribution in [0.5, 0.6) is 0 Å². The van der Waals surface area contributed by atoms with Gasteiger partial charge < -0.3 is 5.11 Å². The van der Waals surface area contributed by atoms with Crippen molar-refractivity contribution in [3.8, 4) is 0 Å². The number of aryl methyl sites for hydroxylation is 2. The summed E-state index contributed by atoms with van der Waals surface area (Å²) in [5.74, 6) is 0.223. The average molecular weight is 276 g/mol. The molecule has 0 aliphatic carbocycles. The molecule has 2 aromatic carbocycles. The van der Waals surface area contributed by atoms with Crippen LogP contribution in [0.4, 0.5) is 4.39 Å². The summed E-state index contributed by atoms with van der Waals surface area (Å²) in [4.78, 5) is 1.11. The largest absolute Gasteiger partial charge is 0.388 e. The van der Waals surface area contributed by atoms with Gasteiger partial charge in [0.2, 0.25) is 0 Å². The molecule has 0 aliphatic heterocycles. The Morgan fingerprint density at radius 2 is 1.74 bits per heavy atom. The van der Waals surface area contributed by atoms with Gasteiger partial charge in [0.15, 0.2) is 0 Å². The molecule has 1 atom stereocenters. The van der Waals surface area contributed by atoms with Gasteiger partial charge in [0.25, 0.3) is 0 Å². The van der Waals surface area contributed by atoms with Crippen LogP contribution in [0, 0.1) is 19.7 Å². The van der Waals surface area contributed by atoms with Crippen LogP contribution in [-0.4, -0.2) is 10.9 Å². The molecule has 1 N–H and O–H groups in total. The normalized spacial score (nSPS) is 12.4. The number of hydrogen-bond acceptors (Lipinski definition) is 2. The van der Waals surface area contributed by atoms with Gasteiger partial charge in [-0.3, -0.25) is 0 Å². The molecule has 0 aromatic heterocycles. The molecule has 2 rings (SSSR count). The van der Waals surface area contributed by atoms with Crippen molar-refractivity contribution in [2.75, 3.05) is 5.75 Å². The standard InChI is InChI=1S/C16H17FOS/c1-11-3-5-15(6-4-11)19-10-16(18)13-7-12(2)8-14(17)9-13/h3-9,16,18H,10H2,1-2H3. The van der Waals surface area contributed by atoms with Gasteiger partial charge in [0.05, 0.1) is 6.10 Å². The van der Waals surface area contributed by atoms with Crippen molar-refractivity contribution < 1.29 is 9.50 Å². The predicted octanol–water partition coefficient (Wildman–Crippen LogP) is 4.27. The lowest BCUT2D eigenvalue weighted by Crippen LogP contribution is -2.01. The molecule has 0 spiro atoms. The van der Waals surface area contributed by atoms with E-state index in [2.05, 4.69) is 0 Å². The summed E-state index contributed by atoms with van der Waals surface area (Å²) in [5, 5.41) is 10.1. The highest BCUT2D eigenvalue weighted by atomic mass is 32.2. The van der Waals surface area contributed by atoms with Gasteiger partial charge in [-0.1, -0.05) is 23.8 Å². The molecule has 3 heteroatoms. The molecule has 0 bridgehead atoms. The first-order chi connectivity index (χ1) is 9.04. The van der Waals surface area contributed by atoms with E-state index < -0.39 is 6.10 Å². The number of thioether (sulfide) groups is 1. The molecule has 100 valence electrons. The summed E-state index contributed by atoms with van der Waals surface area (Å²) in [6, 6.07) is 12.8. The second-order valence-electron chi connectivity index (χ2n) is 4.70. The summed E-state index contributed by atoms with van der Waals surface area (Å²) < 4.78 is 13.3. The van der Waals surface area contributed by atoms with E-state index in [0.717, 1.165) is 10.5 Å². The highest BCUT2D eigenvalue weighted by Crippen LogP contribution is 2.25. The van der Waals surface area contributed by atoms with Gasteiger partial charge in [-0.15, -0.1) is 11.8 Å². The first kappa shape index (κ1) is 14.1. The minimum absolute atomic E-state index is 0.297. The van der Waals surface area contributed by atoms with Crippen LogP contribution in [0.15, 0.2) is 47.4 Å². The maximum Gasteiger partial charge on any atom is 0.123 e. The van der Waals surface area contributed by atoms with Crippen molar-refractivity contribution in [1.82, 2.24) is 0 Å².